The van der Waals surface area contributed by atoms with Crippen LogP contribution < -0.4 is 24.4 Å². The highest BCUT2D eigenvalue weighted by molar-refractivity contribution is 9.10. The van der Waals surface area contributed by atoms with Crippen LogP contribution in [0.3, 0.4) is 0 Å². The van der Waals surface area contributed by atoms with Gasteiger partial charge in [-0.1, -0.05) is 51.4 Å². The first kappa shape index (κ1) is 27.4. The molecule has 3 aromatic rings. The van der Waals surface area contributed by atoms with Crippen LogP contribution in [-0.4, -0.2) is 44.6 Å². The molecule has 0 N–H and O–H groups in total. The molecule has 0 amide bonds. The molecule has 1 unspecified atom stereocenters. The van der Waals surface area contributed by atoms with Crippen LogP contribution in [0, 0.1) is 12.3 Å². The van der Waals surface area contributed by atoms with Gasteiger partial charge >= 0.3 is 5.97 Å². The van der Waals surface area contributed by atoms with Gasteiger partial charge in [-0.15, -0.1) is 6.42 Å². The number of carbonyl (C=O) groups excluding carboxylic acids is 1. The molecule has 0 bridgehead atoms. The Kier molecular flexibility index (Phi) is 8.84. The Morgan fingerprint density at radius 1 is 1.21 bits per heavy atom. The van der Waals surface area contributed by atoms with Crippen molar-refractivity contribution in [2.45, 2.75) is 13.0 Å². The van der Waals surface area contributed by atoms with Gasteiger partial charge in [0.2, 0.25) is 0 Å². The van der Waals surface area contributed by atoms with Crippen molar-refractivity contribution in [2.75, 3.05) is 34.0 Å². The molecule has 0 spiro atoms. The molecular weight excluding hydrogens is 572 g/mol. The average Bonchev–Trinajstić information content (AvgIpc) is 3.21. The lowest BCUT2D eigenvalue weighted by atomic mass is 9.95. The van der Waals surface area contributed by atoms with Gasteiger partial charge in [-0.25, -0.2) is 9.79 Å². The largest absolute Gasteiger partial charge is 0.496 e. The molecule has 0 aliphatic carbocycles. The molecule has 0 saturated carbocycles. The number of thiazole rings is 1. The molecule has 1 aliphatic rings. The first-order chi connectivity index (χ1) is 18.4. The number of carbonyl (C=O) groups is 1. The van der Waals surface area contributed by atoms with E-state index in [0.717, 1.165) is 4.47 Å². The average molecular weight is 597 g/mol. The number of esters is 1. The summed E-state index contributed by atoms with van der Waals surface area (Å²) < 4.78 is 24.5. The van der Waals surface area contributed by atoms with E-state index in [1.165, 1.54) is 23.0 Å². The van der Waals surface area contributed by atoms with Crippen molar-refractivity contribution in [3.05, 3.63) is 89.0 Å². The van der Waals surface area contributed by atoms with Crippen LogP contribution in [0.25, 0.3) is 6.08 Å². The minimum Gasteiger partial charge on any atom is -0.496 e. The molecule has 1 aliphatic heterocycles. The molecule has 4 rings (SSSR count). The monoisotopic (exact) mass is 596 g/mol. The SMILES string of the molecule is C#CCOc1ccc(Br)cc1C=c1sc2n(c1=O)C(c1ccccc1OC)C(C(=O)OCCOC)=C(C)N=2. The summed E-state index contributed by atoms with van der Waals surface area (Å²) in [5.41, 5.74) is 1.70. The topological polar surface area (TPSA) is 88.4 Å². The minimum absolute atomic E-state index is 0.0680. The fourth-order valence-corrected chi connectivity index (χ4v) is 5.51. The van der Waals surface area contributed by atoms with Crippen LogP contribution in [0.5, 0.6) is 11.5 Å². The normalized spacial score (nSPS) is 14.9. The number of benzene rings is 2. The Bertz CT molecular complexity index is 1620. The van der Waals surface area contributed by atoms with E-state index in [1.807, 2.05) is 30.3 Å². The smallest absolute Gasteiger partial charge is 0.338 e. The molecule has 0 radical (unpaired) electrons. The maximum atomic E-state index is 13.9. The summed E-state index contributed by atoms with van der Waals surface area (Å²) >= 11 is 4.69. The van der Waals surface area contributed by atoms with Gasteiger partial charge in [-0.2, -0.15) is 0 Å². The first-order valence-electron chi connectivity index (χ1n) is 11.6. The molecule has 1 atom stereocenters. The second-order valence-electron chi connectivity index (χ2n) is 8.13. The summed E-state index contributed by atoms with van der Waals surface area (Å²) in [6, 6.07) is 11.9. The van der Waals surface area contributed by atoms with Crippen molar-refractivity contribution in [1.82, 2.24) is 4.57 Å². The van der Waals surface area contributed by atoms with Gasteiger partial charge in [0.1, 0.15) is 30.8 Å². The lowest BCUT2D eigenvalue weighted by Crippen LogP contribution is -2.40. The predicted octanol–water partition coefficient (Wildman–Crippen LogP) is 3.21. The van der Waals surface area contributed by atoms with Gasteiger partial charge in [0.15, 0.2) is 4.80 Å². The first-order valence-corrected chi connectivity index (χ1v) is 13.2. The quantitative estimate of drug-likeness (QED) is 0.214. The third-order valence-electron chi connectivity index (χ3n) is 5.77. The summed E-state index contributed by atoms with van der Waals surface area (Å²) in [5, 5.41) is 0. The number of hydrogen-bond donors (Lipinski definition) is 0. The number of nitrogens with zero attached hydrogens (tertiary/aromatic N) is 2. The van der Waals surface area contributed by atoms with Crippen molar-refractivity contribution >= 4 is 39.3 Å². The van der Waals surface area contributed by atoms with E-state index < -0.39 is 12.0 Å². The van der Waals surface area contributed by atoms with E-state index >= 15 is 0 Å². The molecule has 10 heteroatoms. The number of hydrogen-bond acceptors (Lipinski definition) is 8. The van der Waals surface area contributed by atoms with E-state index in [9.17, 15) is 9.59 Å². The van der Waals surface area contributed by atoms with Gasteiger partial charge in [0, 0.05) is 22.7 Å². The van der Waals surface area contributed by atoms with Gasteiger partial charge < -0.3 is 18.9 Å². The van der Waals surface area contributed by atoms with E-state index in [1.54, 1.807) is 32.2 Å². The van der Waals surface area contributed by atoms with Gasteiger partial charge in [-0.05, 0) is 37.3 Å². The summed E-state index contributed by atoms with van der Waals surface area (Å²) in [6.45, 7) is 2.13. The summed E-state index contributed by atoms with van der Waals surface area (Å²) in [4.78, 5) is 32.3. The minimum atomic E-state index is -0.806. The number of methoxy groups -OCH3 is 2. The Hall–Kier alpha value is -3.65. The summed E-state index contributed by atoms with van der Waals surface area (Å²) in [6.07, 6.45) is 7.10. The molecule has 0 fully saturated rings. The highest BCUT2D eigenvalue weighted by Gasteiger charge is 2.35. The van der Waals surface area contributed by atoms with Crippen molar-refractivity contribution in [3.8, 4) is 23.8 Å². The van der Waals surface area contributed by atoms with E-state index in [0.29, 0.717) is 37.7 Å². The number of terminal acetylenes is 1. The lowest BCUT2D eigenvalue weighted by Gasteiger charge is -2.26. The number of allylic oxidation sites excluding steroid dienone is 1. The van der Waals surface area contributed by atoms with Crippen LogP contribution in [0.4, 0.5) is 0 Å². The third kappa shape index (κ3) is 5.60. The Morgan fingerprint density at radius 3 is 2.74 bits per heavy atom. The van der Waals surface area contributed by atoms with Crippen molar-refractivity contribution < 1.29 is 23.7 Å². The second kappa shape index (κ2) is 12.3. The molecule has 8 nitrogen and oxygen atoms in total. The van der Waals surface area contributed by atoms with Gasteiger partial charge in [-0.3, -0.25) is 9.36 Å². The highest BCUT2D eigenvalue weighted by atomic mass is 79.9. The number of halogens is 1. The zero-order valence-corrected chi connectivity index (χ0v) is 23.4. The Balaban J connectivity index is 1.93. The Morgan fingerprint density at radius 2 is 2.00 bits per heavy atom. The second-order valence-corrected chi connectivity index (χ2v) is 10.1. The number of para-hydroxylation sites is 1. The van der Waals surface area contributed by atoms with Crippen LogP contribution >= 0.6 is 27.3 Å². The molecular formula is C28H25BrN2O6S. The van der Waals surface area contributed by atoms with E-state index in [2.05, 4.69) is 26.8 Å². The summed E-state index contributed by atoms with van der Waals surface area (Å²) in [5.74, 6) is 2.94. The van der Waals surface area contributed by atoms with Crippen LogP contribution in [0.2, 0.25) is 0 Å². The fourth-order valence-electron chi connectivity index (χ4n) is 4.09. The van der Waals surface area contributed by atoms with Crippen molar-refractivity contribution in [2.24, 2.45) is 4.99 Å². The standard InChI is InChI=1S/C28H25BrN2O6S/c1-5-12-36-21-11-10-19(29)15-18(21)16-23-26(32)31-25(20-8-6-7-9-22(20)35-4)24(17(2)30-28(31)38-23)27(33)37-14-13-34-3/h1,6-11,15-16,25H,12-14H2,2-4H3. The van der Waals surface area contributed by atoms with Crippen molar-refractivity contribution in [3.63, 3.8) is 0 Å². The number of aromatic nitrogens is 1. The summed E-state index contributed by atoms with van der Waals surface area (Å²) in [7, 11) is 3.07. The molecule has 2 heterocycles. The zero-order valence-electron chi connectivity index (χ0n) is 21.0. The Labute approximate surface area is 232 Å². The molecule has 0 saturated heterocycles. The number of fused-ring (bicyclic) bond motifs is 1. The zero-order chi connectivity index (χ0) is 27.2. The van der Waals surface area contributed by atoms with E-state index in [-0.39, 0.29) is 31.0 Å². The van der Waals surface area contributed by atoms with Gasteiger partial charge in [0.25, 0.3) is 5.56 Å². The highest BCUT2D eigenvalue weighted by Crippen LogP contribution is 2.35. The molecule has 38 heavy (non-hydrogen) atoms. The van der Waals surface area contributed by atoms with Crippen LogP contribution in [0.15, 0.2) is 68.0 Å². The van der Waals surface area contributed by atoms with Crippen molar-refractivity contribution in [1.29, 1.82) is 0 Å². The van der Waals surface area contributed by atoms with Gasteiger partial charge in [0.05, 0.1) is 29.5 Å². The van der Waals surface area contributed by atoms with E-state index in [4.69, 9.17) is 25.4 Å². The number of ether oxygens (including phenoxy) is 4. The maximum Gasteiger partial charge on any atom is 0.338 e. The maximum absolute atomic E-state index is 13.9. The molecule has 2 aromatic carbocycles. The molecule has 1 aromatic heterocycles. The number of rotatable bonds is 9. The molecule has 196 valence electrons. The predicted molar refractivity (Wildman–Crippen MR) is 148 cm³/mol. The lowest BCUT2D eigenvalue weighted by molar-refractivity contribution is -0.140. The fraction of sp³-hybridized carbons (Fsp3) is 0.250. The van der Waals surface area contributed by atoms with Crippen LogP contribution in [0.1, 0.15) is 24.1 Å². The van der Waals surface area contributed by atoms with Crippen LogP contribution in [-0.2, 0) is 14.3 Å². The third-order valence-corrected chi connectivity index (χ3v) is 7.24.